The number of pyridine rings is 1. The van der Waals surface area contributed by atoms with Gasteiger partial charge in [0.25, 0.3) is 0 Å². The molecule has 1 aliphatic rings. The van der Waals surface area contributed by atoms with Crippen molar-refractivity contribution in [3.63, 3.8) is 0 Å². The maximum absolute atomic E-state index is 12.9. The Morgan fingerprint density at radius 2 is 1.70 bits per heavy atom. The van der Waals surface area contributed by atoms with Crippen LogP contribution in [0.25, 0.3) is 0 Å². The highest BCUT2D eigenvalue weighted by atomic mass is 19.4. The molecular weight excluding hydrogens is 267 g/mol. The summed E-state index contributed by atoms with van der Waals surface area (Å²) in [5.74, 6) is -0.687. The van der Waals surface area contributed by atoms with Crippen molar-refractivity contribution in [2.75, 3.05) is 0 Å². The number of halogens is 3. The van der Waals surface area contributed by atoms with Crippen LogP contribution in [-0.4, -0.2) is 10.8 Å². The Labute approximate surface area is 116 Å². The normalized spacial score (nSPS) is 18.4. The van der Waals surface area contributed by atoms with Crippen molar-refractivity contribution in [3.05, 3.63) is 29.6 Å². The number of rotatable bonds is 2. The maximum Gasteiger partial charge on any atom is 0.417 e. The van der Waals surface area contributed by atoms with E-state index in [0.29, 0.717) is 12.8 Å². The van der Waals surface area contributed by atoms with E-state index in [1.165, 1.54) is 0 Å². The molecule has 0 amide bonds. The van der Waals surface area contributed by atoms with Crippen molar-refractivity contribution < 1.29 is 18.0 Å². The lowest BCUT2D eigenvalue weighted by molar-refractivity contribution is -0.138. The van der Waals surface area contributed by atoms with Gasteiger partial charge in [0.2, 0.25) is 0 Å². The fourth-order valence-electron chi connectivity index (χ4n) is 2.78. The zero-order valence-electron chi connectivity index (χ0n) is 11.2. The predicted molar refractivity (Wildman–Crippen MR) is 69.4 cm³/mol. The maximum atomic E-state index is 12.9. The van der Waals surface area contributed by atoms with Crippen LogP contribution in [0, 0.1) is 5.92 Å². The molecule has 0 unspecified atom stereocenters. The molecule has 1 fully saturated rings. The van der Waals surface area contributed by atoms with Crippen LogP contribution >= 0.6 is 0 Å². The van der Waals surface area contributed by atoms with Gasteiger partial charge in [0.15, 0.2) is 5.78 Å². The average Bonchev–Trinajstić information content (AvgIpc) is 2.37. The molecule has 1 aromatic rings. The average molecular weight is 285 g/mol. The Morgan fingerprint density at radius 1 is 1.10 bits per heavy atom. The van der Waals surface area contributed by atoms with Gasteiger partial charge in [-0.25, -0.2) is 0 Å². The molecule has 1 saturated carbocycles. The number of aromatic nitrogens is 1. The number of ketones is 1. The first-order chi connectivity index (χ1) is 9.50. The molecule has 1 aromatic heterocycles. The smallest absolute Gasteiger partial charge is 0.294 e. The molecule has 0 N–H and O–H groups in total. The van der Waals surface area contributed by atoms with E-state index in [1.54, 1.807) is 0 Å². The van der Waals surface area contributed by atoms with Crippen LogP contribution in [0.4, 0.5) is 13.2 Å². The zero-order chi connectivity index (χ0) is 14.6. The van der Waals surface area contributed by atoms with E-state index in [0.717, 1.165) is 50.6 Å². The Hall–Kier alpha value is -1.39. The van der Waals surface area contributed by atoms with E-state index >= 15 is 0 Å². The van der Waals surface area contributed by atoms with E-state index in [9.17, 15) is 18.0 Å². The summed E-state index contributed by atoms with van der Waals surface area (Å²) in [7, 11) is 0. The number of alkyl halides is 3. The first-order valence-corrected chi connectivity index (χ1v) is 7.05. The van der Waals surface area contributed by atoms with Gasteiger partial charge in [-0.3, -0.25) is 9.78 Å². The largest absolute Gasteiger partial charge is 0.417 e. The molecule has 110 valence electrons. The molecule has 5 heteroatoms. The van der Waals surface area contributed by atoms with Gasteiger partial charge in [-0.2, -0.15) is 13.2 Å². The Kier molecular flexibility index (Phi) is 4.78. The lowest BCUT2D eigenvalue weighted by atomic mass is 9.85. The van der Waals surface area contributed by atoms with E-state index in [-0.39, 0.29) is 11.5 Å². The molecule has 0 radical (unpaired) electrons. The van der Waals surface area contributed by atoms with Crippen molar-refractivity contribution in [2.24, 2.45) is 5.92 Å². The number of hydrogen-bond acceptors (Lipinski definition) is 2. The predicted octanol–water partition coefficient (Wildman–Crippen LogP) is 4.64. The highest BCUT2D eigenvalue weighted by Gasteiger charge is 2.36. The molecule has 0 saturated heterocycles. The molecule has 2 nitrogen and oxygen atoms in total. The Balaban J connectivity index is 2.23. The number of nitrogens with zero attached hydrogens (tertiary/aromatic N) is 1. The molecule has 1 heterocycles. The van der Waals surface area contributed by atoms with Crippen LogP contribution in [0.5, 0.6) is 0 Å². The fourth-order valence-corrected chi connectivity index (χ4v) is 2.78. The summed E-state index contributed by atoms with van der Waals surface area (Å²) in [5, 5.41) is 0. The summed E-state index contributed by atoms with van der Waals surface area (Å²) in [6.45, 7) is 0. The van der Waals surface area contributed by atoms with E-state index in [4.69, 9.17) is 0 Å². The van der Waals surface area contributed by atoms with Crippen LogP contribution in [0.1, 0.15) is 60.9 Å². The van der Waals surface area contributed by atoms with Crippen LogP contribution in [0.15, 0.2) is 18.5 Å². The van der Waals surface area contributed by atoms with Crippen molar-refractivity contribution in [1.29, 1.82) is 0 Å². The Morgan fingerprint density at radius 3 is 2.30 bits per heavy atom. The number of Topliss-reactive ketones (excluding diaryl/α,β-unsaturated/α-hetero) is 1. The molecular formula is C15H18F3NO. The first kappa shape index (κ1) is 15.0. The minimum atomic E-state index is -4.50. The van der Waals surface area contributed by atoms with Gasteiger partial charge in [-0.15, -0.1) is 0 Å². The van der Waals surface area contributed by atoms with Gasteiger partial charge >= 0.3 is 6.18 Å². The number of carbonyl (C=O) groups excluding carboxylic acids is 1. The Bertz CT molecular complexity index is 462. The van der Waals surface area contributed by atoms with Crippen molar-refractivity contribution >= 4 is 5.78 Å². The van der Waals surface area contributed by atoms with Gasteiger partial charge in [0.05, 0.1) is 5.56 Å². The summed E-state index contributed by atoms with van der Waals surface area (Å²) in [6.07, 6.45) is 4.11. The lowest BCUT2D eigenvalue weighted by Gasteiger charge is -2.20. The summed E-state index contributed by atoms with van der Waals surface area (Å²) in [4.78, 5) is 16.1. The lowest BCUT2D eigenvalue weighted by Crippen LogP contribution is -2.21. The minimum absolute atomic E-state index is 0.273. The summed E-state index contributed by atoms with van der Waals surface area (Å²) in [5.41, 5.74) is -1.13. The van der Waals surface area contributed by atoms with Crippen molar-refractivity contribution in [3.8, 4) is 0 Å². The monoisotopic (exact) mass is 285 g/mol. The quantitative estimate of drug-likeness (QED) is 0.741. The van der Waals surface area contributed by atoms with Gasteiger partial charge in [-0.1, -0.05) is 32.1 Å². The van der Waals surface area contributed by atoms with Crippen LogP contribution < -0.4 is 0 Å². The molecule has 2 rings (SSSR count). The third-order valence-electron chi connectivity index (χ3n) is 3.87. The second-order valence-electron chi connectivity index (χ2n) is 5.33. The molecule has 0 aromatic carbocycles. The third kappa shape index (κ3) is 3.58. The highest BCUT2D eigenvalue weighted by Crippen LogP contribution is 2.34. The van der Waals surface area contributed by atoms with Gasteiger partial charge in [0, 0.05) is 23.9 Å². The first-order valence-electron chi connectivity index (χ1n) is 7.05. The van der Waals surface area contributed by atoms with Gasteiger partial charge in [0.1, 0.15) is 0 Å². The standard InChI is InChI=1S/C15H18F3NO/c16-15(17,18)13-8-9-19-10-12(13)14(20)11-6-4-2-1-3-5-7-11/h8-11H,1-7H2. The van der Waals surface area contributed by atoms with E-state index in [1.807, 2.05) is 0 Å². The van der Waals surface area contributed by atoms with Crippen molar-refractivity contribution in [2.45, 2.75) is 51.1 Å². The second-order valence-corrected chi connectivity index (χ2v) is 5.33. The van der Waals surface area contributed by atoms with Crippen LogP contribution in [-0.2, 0) is 6.18 Å². The second kappa shape index (κ2) is 6.37. The van der Waals surface area contributed by atoms with E-state index < -0.39 is 17.5 Å². The number of hydrogen-bond donors (Lipinski definition) is 0. The zero-order valence-corrected chi connectivity index (χ0v) is 11.2. The summed E-state index contributed by atoms with van der Waals surface area (Å²) in [6, 6.07) is 0.885. The summed E-state index contributed by atoms with van der Waals surface area (Å²) >= 11 is 0. The highest BCUT2D eigenvalue weighted by molar-refractivity contribution is 5.99. The van der Waals surface area contributed by atoms with Crippen LogP contribution in [0.2, 0.25) is 0 Å². The molecule has 0 atom stereocenters. The fraction of sp³-hybridized carbons (Fsp3) is 0.600. The van der Waals surface area contributed by atoms with Crippen molar-refractivity contribution in [1.82, 2.24) is 4.98 Å². The molecule has 0 bridgehead atoms. The molecule has 1 aliphatic carbocycles. The molecule has 20 heavy (non-hydrogen) atoms. The minimum Gasteiger partial charge on any atom is -0.294 e. The van der Waals surface area contributed by atoms with Crippen LogP contribution in [0.3, 0.4) is 0 Å². The molecule has 0 spiro atoms. The SMILES string of the molecule is O=C(c1cnccc1C(F)(F)F)C1CCCCCCC1. The van der Waals surface area contributed by atoms with E-state index in [2.05, 4.69) is 4.98 Å². The topological polar surface area (TPSA) is 30.0 Å². The van der Waals surface area contributed by atoms with Gasteiger partial charge < -0.3 is 0 Å². The molecule has 0 aliphatic heterocycles. The van der Waals surface area contributed by atoms with Gasteiger partial charge in [-0.05, 0) is 18.9 Å². The number of carbonyl (C=O) groups is 1. The third-order valence-corrected chi connectivity index (χ3v) is 3.87. The summed E-state index contributed by atoms with van der Waals surface area (Å²) < 4.78 is 38.8.